The van der Waals surface area contributed by atoms with Crippen molar-refractivity contribution in [3.8, 4) is 0 Å². The number of hydrogen-bond acceptors (Lipinski definition) is 2. The van der Waals surface area contributed by atoms with E-state index in [0.717, 1.165) is 50.0 Å². The predicted octanol–water partition coefficient (Wildman–Crippen LogP) is 3.51. The summed E-state index contributed by atoms with van der Waals surface area (Å²) in [6, 6.07) is 5.04. The van der Waals surface area contributed by atoms with Gasteiger partial charge in [0.05, 0.1) is 5.60 Å². The van der Waals surface area contributed by atoms with E-state index < -0.39 is 5.60 Å². The van der Waals surface area contributed by atoms with Crippen LogP contribution < -0.4 is 0 Å². The summed E-state index contributed by atoms with van der Waals surface area (Å²) < 4.78 is 13.4. The molecule has 1 N–H and O–H groups in total. The van der Waals surface area contributed by atoms with E-state index in [9.17, 15) is 9.50 Å². The lowest BCUT2D eigenvalue weighted by Crippen LogP contribution is -2.44. The van der Waals surface area contributed by atoms with Crippen LogP contribution in [-0.4, -0.2) is 28.7 Å². The second-order valence-corrected chi connectivity index (χ2v) is 6.98. The van der Waals surface area contributed by atoms with Gasteiger partial charge in [0.25, 0.3) is 0 Å². The Morgan fingerprint density at radius 1 is 1.38 bits per heavy atom. The average Bonchev–Trinajstić information content (AvgIpc) is 2.87. The monoisotopic (exact) mass is 291 g/mol. The van der Waals surface area contributed by atoms with Crippen LogP contribution in [0.3, 0.4) is 0 Å². The smallest absolute Gasteiger partial charge is 0.123 e. The zero-order valence-corrected chi connectivity index (χ0v) is 13.1. The minimum Gasteiger partial charge on any atom is -0.390 e. The molecule has 0 unspecified atom stereocenters. The maximum Gasteiger partial charge on any atom is 0.123 e. The zero-order chi connectivity index (χ0) is 15.0. The number of benzene rings is 1. The first kappa shape index (κ1) is 15.0. The Balaban J connectivity index is 1.73. The Kier molecular flexibility index (Phi) is 4.06. The van der Waals surface area contributed by atoms with Crippen LogP contribution in [0.2, 0.25) is 0 Å². The number of aliphatic hydroxyl groups is 1. The van der Waals surface area contributed by atoms with Gasteiger partial charge in [-0.05, 0) is 55.4 Å². The van der Waals surface area contributed by atoms with Crippen LogP contribution in [0.4, 0.5) is 4.39 Å². The molecular weight excluding hydrogens is 265 g/mol. The van der Waals surface area contributed by atoms with Crippen LogP contribution in [0.5, 0.6) is 0 Å². The molecule has 2 aliphatic rings. The third-order valence-corrected chi connectivity index (χ3v) is 5.71. The van der Waals surface area contributed by atoms with Crippen molar-refractivity contribution in [3.63, 3.8) is 0 Å². The van der Waals surface area contributed by atoms with E-state index in [-0.39, 0.29) is 5.82 Å². The topological polar surface area (TPSA) is 23.5 Å². The van der Waals surface area contributed by atoms with E-state index in [4.69, 9.17) is 0 Å². The molecule has 0 spiro atoms. The van der Waals surface area contributed by atoms with Gasteiger partial charge in [0.15, 0.2) is 0 Å². The van der Waals surface area contributed by atoms with Gasteiger partial charge < -0.3 is 5.11 Å². The molecule has 3 heteroatoms. The largest absolute Gasteiger partial charge is 0.390 e. The van der Waals surface area contributed by atoms with Crippen LogP contribution in [0.25, 0.3) is 0 Å². The zero-order valence-electron chi connectivity index (χ0n) is 13.1. The Morgan fingerprint density at radius 3 is 2.95 bits per heavy atom. The Labute approximate surface area is 127 Å². The number of rotatable bonds is 3. The van der Waals surface area contributed by atoms with E-state index >= 15 is 0 Å². The molecule has 0 bridgehead atoms. The van der Waals surface area contributed by atoms with Crippen LogP contribution in [-0.2, 0) is 6.54 Å². The maximum atomic E-state index is 13.4. The minimum absolute atomic E-state index is 0.155. The highest BCUT2D eigenvalue weighted by Gasteiger charge is 2.47. The number of fused-ring (bicyclic) bond motifs is 1. The van der Waals surface area contributed by atoms with Gasteiger partial charge in [-0.25, -0.2) is 4.39 Å². The molecule has 116 valence electrons. The molecule has 3 atom stereocenters. The number of hydrogen-bond donors (Lipinski definition) is 1. The molecule has 1 aliphatic heterocycles. The Morgan fingerprint density at radius 2 is 2.19 bits per heavy atom. The van der Waals surface area contributed by atoms with E-state index in [1.807, 2.05) is 13.0 Å². The Bertz CT molecular complexity index is 518. The molecule has 1 heterocycles. The minimum atomic E-state index is -0.478. The average molecular weight is 291 g/mol. The van der Waals surface area contributed by atoms with Crippen LogP contribution in [0, 0.1) is 24.6 Å². The number of likely N-dealkylation sites (tertiary alicyclic amines) is 1. The number of nitrogens with zero attached hydrogens (tertiary/aromatic N) is 1. The first-order valence-electron chi connectivity index (χ1n) is 8.21. The van der Waals surface area contributed by atoms with Crippen LogP contribution in [0.1, 0.15) is 43.7 Å². The lowest BCUT2D eigenvalue weighted by Gasteiger charge is -2.40. The van der Waals surface area contributed by atoms with Crippen molar-refractivity contribution in [2.24, 2.45) is 11.8 Å². The molecule has 3 rings (SSSR count). The van der Waals surface area contributed by atoms with Crippen molar-refractivity contribution in [1.29, 1.82) is 0 Å². The summed E-state index contributed by atoms with van der Waals surface area (Å²) in [5, 5.41) is 10.8. The summed E-state index contributed by atoms with van der Waals surface area (Å²) in [6.07, 6.45) is 4.16. The van der Waals surface area contributed by atoms with Crippen molar-refractivity contribution >= 4 is 0 Å². The lowest BCUT2D eigenvalue weighted by molar-refractivity contribution is -0.0613. The molecule has 2 nitrogen and oxygen atoms in total. The highest BCUT2D eigenvalue weighted by Crippen LogP contribution is 2.44. The molecule has 0 amide bonds. The highest BCUT2D eigenvalue weighted by atomic mass is 19.1. The molecule has 21 heavy (non-hydrogen) atoms. The molecule has 1 aromatic carbocycles. The van der Waals surface area contributed by atoms with Gasteiger partial charge >= 0.3 is 0 Å². The summed E-state index contributed by atoms with van der Waals surface area (Å²) in [4.78, 5) is 2.41. The molecule has 0 aromatic heterocycles. The first-order chi connectivity index (χ1) is 10.0. The molecule has 0 radical (unpaired) electrons. The SMILES string of the molecule is CC[C@@]1(O)CCC[C@@H]2CN(Cc3cc(F)ccc3C)C[C@@H]21. The van der Waals surface area contributed by atoms with E-state index in [1.165, 1.54) is 12.5 Å². The summed E-state index contributed by atoms with van der Waals surface area (Å²) >= 11 is 0. The van der Waals surface area contributed by atoms with Gasteiger partial charge in [-0.15, -0.1) is 0 Å². The van der Waals surface area contributed by atoms with Gasteiger partial charge in [0, 0.05) is 25.6 Å². The summed E-state index contributed by atoms with van der Waals surface area (Å²) in [6.45, 7) is 6.94. The van der Waals surface area contributed by atoms with Crippen molar-refractivity contribution < 1.29 is 9.50 Å². The van der Waals surface area contributed by atoms with Crippen LogP contribution >= 0.6 is 0 Å². The number of aryl methyl sites for hydroxylation is 1. The highest BCUT2D eigenvalue weighted by molar-refractivity contribution is 5.26. The van der Waals surface area contributed by atoms with E-state index in [2.05, 4.69) is 11.8 Å². The van der Waals surface area contributed by atoms with Crippen LogP contribution in [0.15, 0.2) is 18.2 Å². The van der Waals surface area contributed by atoms with Crippen molar-refractivity contribution in [2.45, 2.75) is 51.7 Å². The fourth-order valence-electron chi connectivity index (χ4n) is 4.34. The van der Waals surface area contributed by atoms with Crippen molar-refractivity contribution in [2.75, 3.05) is 13.1 Å². The summed E-state index contributed by atoms with van der Waals surface area (Å²) in [5.74, 6) is 0.847. The molecule has 1 saturated heterocycles. The molecular formula is C18H26FNO. The Hall–Kier alpha value is -0.930. The van der Waals surface area contributed by atoms with Crippen molar-refractivity contribution in [1.82, 2.24) is 4.90 Å². The second-order valence-electron chi connectivity index (χ2n) is 6.98. The number of halogens is 1. The lowest BCUT2D eigenvalue weighted by atomic mass is 9.69. The quantitative estimate of drug-likeness (QED) is 0.921. The molecule has 2 fully saturated rings. The normalized spacial score (nSPS) is 33.1. The fourth-order valence-corrected chi connectivity index (χ4v) is 4.34. The summed E-state index contributed by atoms with van der Waals surface area (Å²) in [7, 11) is 0. The summed E-state index contributed by atoms with van der Waals surface area (Å²) in [5.41, 5.74) is 1.75. The van der Waals surface area contributed by atoms with E-state index in [1.54, 1.807) is 6.07 Å². The third-order valence-electron chi connectivity index (χ3n) is 5.71. The standard InChI is InChI=1S/C18H26FNO/c1-3-18(21)8-4-5-14-10-20(12-17(14)18)11-15-9-16(19)7-6-13(15)2/h6-7,9,14,17,21H,3-5,8,10-12H2,1-2H3/t14-,17+,18-/m1/s1. The molecule has 1 aliphatic carbocycles. The fraction of sp³-hybridized carbons (Fsp3) is 0.667. The van der Waals surface area contributed by atoms with Gasteiger partial charge in [0.2, 0.25) is 0 Å². The second kappa shape index (κ2) is 5.69. The van der Waals surface area contributed by atoms with Gasteiger partial charge in [-0.2, -0.15) is 0 Å². The predicted molar refractivity (Wildman–Crippen MR) is 82.5 cm³/mol. The van der Waals surface area contributed by atoms with Gasteiger partial charge in [0.1, 0.15) is 5.82 Å². The van der Waals surface area contributed by atoms with E-state index in [0.29, 0.717) is 11.8 Å². The molecule has 1 aromatic rings. The van der Waals surface area contributed by atoms with Gasteiger partial charge in [-0.1, -0.05) is 19.4 Å². The maximum absolute atomic E-state index is 13.4. The third kappa shape index (κ3) is 2.86. The first-order valence-corrected chi connectivity index (χ1v) is 8.21. The van der Waals surface area contributed by atoms with Crippen molar-refractivity contribution in [3.05, 3.63) is 35.1 Å². The molecule has 1 saturated carbocycles. The van der Waals surface area contributed by atoms with Gasteiger partial charge in [-0.3, -0.25) is 4.90 Å².